The minimum Gasteiger partial charge on any atom is -0.466 e. The van der Waals surface area contributed by atoms with Gasteiger partial charge >= 0.3 is 5.97 Å². The van der Waals surface area contributed by atoms with Gasteiger partial charge < -0.3 is 25.4 Å². The van der Waals surface area contributed by atoms with E-state index >= 15 is 0 Å². The Morgan fingerprint density at radius 1 is 1.36 bits per heavy atom. The first-order chi connectivity index (χ1) is 13.4. The predicted molar refractivity (Wildman–Crippen MR) is 95.3 cm³/mol. The van der Waals surface area contributed by atoms with Crippen LogP contribution in [0.25, 0.3) is 11.2 Å². The van der Waals surface area contributed by atoms with Crippen molar-refractivity contribution in [3.8, 4) is 0 Å². The van der Waals surface area contributed by atoms with Crippen LogP contribution in [0, 0.1) is 0 Å². The summed E-state index contributed by atoms with van der Waals surface area (Å²) in [5.74, 6) is -0.777. The van der Waals surface area contributed by atoms with Gasteiger partial charge in [-0.25, -0.2) is 19.3 Å². The maximum Gasteiger partial charge on any atom is 0.305 e. The summed E-state index contributed by atoms with van der Waals surface area (Å²) in [5.41, 5.74) is 6.39. The average molecular weight is 395 g/mol. The van der Waals surface area contributed by atoms with E-state index in [-0.39, 0.29) is 31.7 Å². The molecule has 152 valence electrons. The van der Waals surface area contributed by atoms with Crippen molar-refractivity contribution in [2.45, 2.75) is 50.7 Å². The lowest BCUT2D eigenvalue weighted by Gasteiger charge is -2.16. The summed E-state index contributed by atoms with van der Waals surface area (Å²) in [6.07, 6.45) is -0.728. The zero-order valence-corrected chi connectivity index (χ0v) is 15.2. The molecule has 0 saturated carbocycles. The smallest absolute Gasteiger partial charge is 0.305 e. The molecule has 0 amide bonds. The Bertz CT molecular complexity index is 873. The van der Waals surface area contributed by atoms with E-state index in [1.54, 1.807) is 6.92 Å². The molecule has 0 aliphatic carbocycles. The Kier molecular flexibility index (Phi) is 6.17. The summed E-state index contributed by atoms with van der Waals surface area (Å²) in [7, 11) is 0. The van der Waals surface area contributed by atoms with E-state index in [4.69, 9.17) is 15.2 Å². The number of hydrogen-bond donors (Lipinski definition) is 3. The number of nitrogens with two attached hydrogens (primary N) is 1. The molecule has 2 aromatic heterocycles. The van der Waals surface area contributed by atoms with Gasteiger partial charge in [-0.1, -0.05) is 0 Å². The first-order valence-corrected chi connectivity index (χ1v) is 8.88. The lowest BCUT2D eigenvalue weighted by Crippen LogP contribution is -2.30. The van der Waals surface area contributed by atoms with Gasteiger partial charge in [-0.05, 0) is 25.8 Å². The number of carbonyl (C=O) groups excluding carboxylic acids is 1. The summed E-state index contributed by atoms with van der Waals surface area (Å²) in [6.45, 7) is 1.97. The van der Waals surface area contributed by atoms with Gasteiger partial charge in [0.1, 0.15) is 30.2 Å². The Hall–Kier alpha value is -2.63. The molecular formula is C17H22FN5O5. The van der Waals surface area contributed by atoms with E-state index in [1.165, 1.54) is 17.2 Å². The highest BCUT2D eigenvalue weighted by Crippen LogP contribution is 2.33. The number of halogens is 1. The molecule has 0 bridgehead atoms. The predicted octanol–water partition coefficient (Wildman–Crippen LogP) is 0.615. The van der Waals surface area contributed by atoms with Gasteiger partial charge in [-0.2, -0.15) is 0 Å². The summed E-state index contributed by atoms with van der Waals surface area (Å²) in [6, 6.07) is 0. The third-order valence-corrected chi connectivity index (χ3v) is 4.38. The number of aliphatic hydroxyl groups excluding tert-OH is 2. The van der Waals surface area contributed by atoms with Crippen molar-refractivity contribution in [3.63, 3.8) is 0 Å². The van der Waals surface area contributed by atoms with Crippen LogP contribution in [-0.4, -0.2) is 60.6 Å². The molecule has 11 heteroatoms. The van der Waals surface area contributed by atoms with E-state index in [1.807, 2.05) is 0 Å². The third-order valence-electron chi connectivity index (χ3n) is 4.38. The second-order valence-electron chi connectivity index (χ2n) is 6.33. The second-order valence-corrected chi connectivity index (χ2v) is 6.33. The van der Waals surface area contributed by atoms with Crippen molar-refractivity contribution in [1.29, 1.82) is 0 Å². The number of nitrogen functional groups attached to an aromatic ring is 1. The second kappa shape index (κ2) is 8.59. The van der Waals surface area contributed by atoms with E-state index in [0.29, 0.717) is 11.2 Å². The van der Waals surface area contributed by atoms with Gasteiger partial charge in [0.05, 0.1) is 18.8 Å². The fraction of sp³-hybridized carbons (Fsp3) is 0.529. The van der Waals surface area contributed by atoms with Crippen LogP contribution in [0.4, 0.5) is 10.2 Å². The minimum absolute atomic E-state index is 0.01000. The fourth-order valence-electron chi connectivity index (χ4n) is 3.01. The number of fused-ring (bicyclic) bond motifs is 1. The number of imidazole rings is 1. The number of aromatic nitrogens is 4. The summed E-state index contributed by atoms with van der Waals surface area (Å²) < 4.78 is 26.0. The molecule has 0 radical (unpaired) electrons. The Morgan fingerprint density at radius 2 is 2.14 bits per heavy atom. The highest BCUT2D eigenvalue weighted by molar-refractivity contribution is 5.81. The molecular weight excluding hydrogens is 373 g/mol. The topological polar surface area (TPSA) is 146 Å². The largest absolute Gasteiger partial charge is 0.466 e. The van der Waals surface area contributed by atoms with Crippen molar-refractivity contribution in [2.75, 3.05) is 12.3 Å². The molecule has 0 unspecified atom stereocenters. The molecule has 4 N–H and O–H groups in total. The van der Waals surface area contributed by atoms with Gasteiger partial charge in [0.2, 0.25) is 0 Å². The number of carbonyl (C=O) groups is 1. The number of esters is 1. The van der Waals surface area contributed by atoms with E-state index in [9.17, 15) is 19.4 Å². The van der Waals surface area contributed by atoms with Crippen LogP contribution in [-0.2, 0) is 14.3 Å². The Balaban J connectivity index is 1.68. The number of allylic oxidation sites excluding steroid dienone is 1. The average Bonchev–Trinajstić information content (AvgIpc) is 3.19. The molecule has 10 nitrogen and oxygen atoms in total. The molecule has 3 heterocycles. The quantitative estimate of drug-likeness (QED) is 0.574. The zero-order valence-electron chi connectivity index (χ0n) is 15.2. The monoisotopic (exact) mass is 395 g/mol. The van der Waals surface area contributed by atoms with Crippen LogP contribution in [0.1, 0.15) is 32.4 Å². The van der Waals surface area contributed by atoms with Crippen molar-refractivity contribution < 1.29 is 28.9 Å². The van der Waals surface area contributed by atoms with Crippen LogP contribution in [0.3, 0.4) is 0 Å². The summed E-state index contributed by atoms with van der Waals surface area (Å²) in [4.78, 5) is 23.3. The SMILES string of the molecule is CCOC(=O)CCC/C(F)=C\[C@H]1O[C@@H](n2cnc3c(N)ncnc32)[C@H](O)[C@@H]1O. The lowest BCUT2D eigenvalue weighted by molar-refractivity contribution is -0.143. The van der Waals surface area contributed by atoms with E-state index in [2.05, 4.69) is 15.0 Å². The first kappa shape index (κ1) is 20.1. The normalized spacial score (nSPS) is 25.4. The Morgan fingerprint density at radius 3 is 2.89 bits per heavy atom. The van der Waals surface area contributed by atoms with E-state index in [0.717, 1.165) is 6.08 Å². The minimum atomic E-state index is -1.35. The first-order valence-electron chi connectivity index (χ1n) is 8.88. The molecule has 1 fully saturated rings. The number of rotatable bonds is 7. The molecule has 28 heavy (non-hydrogen) atoms. The highest BCUT2D eigenvalue weighted by Gasteiger charge is 2.43. The van der Waals surface area contributed by atoms with Gasteiger partial charge in [-0.15, -0.1) is 0 Å². The van der Waals surface area contributed by atoms with Crippen molar-refractivity contribution in [2.24, 2.45) is 0 Å². The molecule has 4 atom stereocenters. The van der Waals surface area contributed by atoms with Gasteiger partial charge in [0.25, 0.3) is 0 Å². The maximum absolute atomic E-state index is 14.1. The molecule has 2 aromatic rings. The molecule has 0 spiro atoms. The fourth-order valence-corrected chi connectivity index (χ4v) is 3.01. The van der Waals surface area contributed by atoms with Crippen LogP contribution in [0.15, 0.2) is 24.6 Å². The number of aliphatic hydroxyl groups is 2. The molecule has 3 rings (SSSR count). The summed E-state index contributed by atoms with van der Waals surface area (Å²) >= 11 is 0. The molecule has 1 aliphatic rings. The van der Waals surface area contributed by atoms with Gasteiger partial charge in [0, 0.05) is 6.42 Å². The van der Waals surface area contributed by atoms with Crippen LogP contribution in [0.2, 0.25) is 0 Å². The Labute approximate surface area is 159 Å². The van der Waals surface area contributed by atoms with Gasteiger partial charge in [0.15, 0.2) is 17.7 Å². The standard InChI is InChI=1S/C17H22FN5O5/c1-2-27-11(24)5-3-4-9(18)6-10-13(25)14(26)17(28-10)23-8-22-12-15(19)20-7-21-16(12)23/h6-8,10,13-14,17,25-26H,2-5H2,1H3,(H2,19,20,21)/b9-6+/t10-,13-,14-,17-/m1/s1. The third kappa shape index (κ3) is 4.11. The highest BCUT2D eigenvalue weighted by atomic mass is 19.1. The zero-order chi connectivity index (χ0) is 20.3. The number of nitrogens with zero attached hydrogens (tertiary/aromatic N) is 4. The van der Waals surface area contributed by atoms with Crippen LogP contribution < -0.4 is 5.73 Å². The van der Waals surface area contributed by atoms with Crippen molar-refractivity contribution >= 4 is 23.0 Å². The lowest BCUT2D eigenvalue weighted by atomic mass is 10.1. The van der Waals surface area contributed by atoms with Crippen molar-refractivity contribution in [3.05, 3.63) is 24.6 Å². The number of hydrogen-bond acceptors (Lipinski definition) is 9. The number of anilines is 1. The molecule has 1 saturated heterocycles. The van der Waals surface area contributed by atoms with Crippen LogP contribution in [0.5, 0.6) is 0 Å². The van der Waals surface area contributed by atoms with E-state index < -0.39 is 36.3 Å². The molecule has 0 aromatic carbocycles. The molecule has 1 aliphatic heterocycles. The van der Waals surface area contributed by atoms with Crippen molar-refractivity contribution in [1.82, 2.24) is 19.5 Å². The number of ether oxygens (including phenoxy) is 2. The van der Waals surface area contributed by atoms with Crippen LogP contribution >= 0.6 is 0 Å². The summed E-state index contributed by atoms with van der Waals surface area (Å²) in [5, 5.41) is 20.6. The maximum atomic E-state index is 14.1. The van der Waals surface area contributed by atoms with Gasteiger partial charge in [-0.3, -0.25) is 9.36 Å².